The van der Waals surface area contributed by atoms with Crippen molar-refractivity contribution in [1.29, 1.82) is 0 Å². The van der Waals surface area contributed by atoms with E-state index in [2.05, 4.69) is 45.7 Å². The van der Waals surface area contributed by atoms with E-state index < -0.39 is 0 Å². The van der Waals surface area contributed by atoms with Crippen molar-refractivity contribution in [2.75, 3.05) is 18.7 Å². The average Bonchev–Trinajstić information content (AvgIpc) is 2.98. The normalized spacial score (nSPS) is 28.2. The highest BCUT2D eigenvalue weighted by atomic mass is 32.1. The molecular formula is C17H25N5S+2. The molecule has 1 unspecified atom stereocenters. The smallest absolute Gasteiger partial charge is 0.274 e. The van der Waals surface area contributed by atoms with Crippen molar-refractivity contribution < 1.29 is 9.89 Å². The number of fused-ring (bicyclic) bond motifs is 1. The maximum Gasteiger partial charge on any atom is 0.359 e. The molecular weight excluding hydrogens is 306 g/mol. The number of rotatable bonds is 2. The zero-order chi connectivity index (χ0) is 15.6. The van der Waals surface area contributed by atoms with Crippen LogP contribution >= 0.6 is 11.3 Å². The van der Waals surface area contributed by atoms with E-state index >= 15 is 0 Å². The Morgan fingerprint density at radius 1 is 1.30 bits per heavy atom. The van der Waals surface area contributed by atoms with Crippen molar-refractivity contribution in [2.24, 2.45) is 5.92 Å². The predicted octanol–water partition coefficient (Wildman–Crippen LogP) is 0.127. The van der Waals surface area contributed by atoms with Crippen molar-refractivity contribution in [1.82, 2.24) is 10.3 Å². The van der Waals surface area contributed by atoms with Gasteiger partial charge < -0.3 is 0 Å². The predicted molar refractivity (Wildman–Crippen MR) is 94.5 cm³/mol. The number of quaternary nitrogens is 1. The largest absolute Gasteiger partial charge is 0.359 e. The number of thiazole rings is 1. The first-order valence-corrected chi connectivity index (χ1v) is 9.43. The van der Waals surface area contributed by atoms with Crippen molar-refractivity contribution in [3.05, 3.63) is 24.3 Å². The van der Waals surface area contributed by atoms with Gasteiger partial charge in [0.15, 0.2) is 13.3 Å². The van der Waals surface area contributed by atoms with Gasteiger partial charge in [-0.15, -0.1) is 0 Å². The summed E-state index contributed by atoms with van der Waals surface area (Å²) >= 11 is 1.69. The molecule has 6 heteroatoms. The van der Waals surface area contributed by atoms with Gasteiger partial charge in [-0.1, -0.05) is 36.8 Å². The first-order chi connectivity index (χ1) is 11.3. The molecule has 5 nitrogen and oxygen atoms in total. The molecule has 2 heterocycles. The van der Waals surface area contributed by atoms with Crippen LogP contribution in [0.5, 0.6) is 0 Å². The molecule has 1 aromatic carbocycles. The number of aromatic nitrogens is 1. The molecule has 2 aliphatic rings. The van der Waals surface area contributed by atoms with E-state index in [4.69, 9.17) is 0 Å². The lowest BCUT2D eigenvalue weighted by molar-refractivity contribution is -1.00. The number of guanidine groups is 1. The lowest BCUT2D eigenvalue weighted by atomic mass is 9.85. The molecule has 0 spiro atoms. The van der Waals surface area contributed by atoms with Crippen molar-refractivity contribution in [3.63, 3.8) is 0 Å². The second-order valence-corrected chi connectivity index (χ2v) is 7.75. The average molecular weight is 331 g/mol. The minimum absolute atomic E-state index is 0.785. The summed E-state index contributed by atoms with van der Waals surface area (Å²) in [5.74, 6) is 1.82. The molecule has 0 bridgehead atoms. The van der Waals surface area contributed by atoms with Gasteiger partial charge in [0.05, 0.1) is 16.3 Å². The van der Waals surface area contributed by atoms with E-state index in [0.29, 0.717) is 0 Å². The van der Waals surface area contributed by atoms with Crippen molar-refractivity contribution >= 4 is 32.6 Å². The third kappa shape index (κ3) is 3.19. The van der Waals surface area contributed by atoms with Gasteiger partial charge in [0.1, 0.15) is 0 Å². The first-order valence-electron chi connectivity index (χ1n) is 8.61. The van der Waals surface area contributed by atoms with Crippen LogP contribution < -0.4 is 20.5 Å². The van der Waals surface area contributed by atoms with Crippen LogP contribution in [-0.2, 0) is 0 Å². The Bertz CT molecular complexity index is 677. The van der Waals surface area contributed by atoms with Crippen molar-refractivity contribution in [3.8, 4) is 0 Å². The SMILES string of the molecule is C[C@@H]1CCCC[C@@H]1[NH+]1CNC(Nc2nc3ccccc3s2)=[NH+]C1. The van der Waals surface area contributed by atoms with Crippen LogP contribution in [0.4, 0.5) is 5.13 Å². The Balaban J connectivity index is 1.41. The summed E-state index contributed by atoms with van der Waals surface area (Å²) in [7, 11) is 0. The standard InChI is InChI=1S/C17H23N5S/c1-12-6-2-4-8-14(12)22-10-18-16(19-11-22)21-17-20-13-7-3-5-9-15(13)23-17/h3,5,7,9,12,14H,2,4,6,8,10-11H2,1H3,(H2,18,19,20,21)/p+2/t12-,14+/m1/s1. The molecule has 1 saturated carbocycles. The van der Waals surface area contributed by atoms with Crippen LogP contribution in [0.15, 0.2) is 24.3 Å². The maximum atomic E-state index is 4.63. The van der Waals surface area contributed by atoms with Crippen LogP contribution in [0.3, 0.4) is 0 Å². The molecule has 0 amide bonds. The van der Waals surface area contributed by atoms with Gasteiger partial charge in [-0.3, -0.25) is 4.90 Å². The zero-order valence-electron chi connectivity index (χ0n) is 13.6. The number of hydrogen-bond acceptors (Lipinski definition) is 4. The Morgan fingerprint density at radius 2 is 2.17 bits per heavy atom. The van der Waals surface area contributed by atoms with Crippen molar-refractivity contribution in [2.45, 2.75) is 38.6 Å². The van der Waals surface area contributed by atoms with Crippen LogP contribution in [0.25, 0.3) is 10.2 Å². The molecule has 1 aliphatic heterocycles. The Labute approximate surface area is 140 Å². The molecule has 1 aromatic heterocycles. The topological polar surface area (TPSA) is 55.4 Å². The number of benzene rings is 1. The molecule has 0 saturated heterocycles. The molecule has 3 atom stereocenters. The Kier molecular flexibility index (Phi) is 4.18. The molecule has 1 fully saturated rings. The molecule has 0 radical (unpaired) electrons. The fourth-order valence-corrected chi connectivity index (χ4v) is 4.71. The highest BCUT2D eigenvalue weighted by Gasteiger charge is 2.33. The van der Waals surface area contributed by atoms with Crippen LogP contribution in [0, 0.1) is 5.92 Å². The highest BCUT2D eigenvalue weighted by Crippen LogP contribution is 2.25. The summed E-state index contributed by atoms with van der Waals surface area (Å²) in [4.78, 5) is 9.76. The minimum atomic E-state index is 0.785. The molecule has 2 aromatic rings. The summed E-state index contributed by atoms with van der Waals surface area (Å²) in [5.41, 5.74) is 1.06. The second-order valence-electron chi connectivity index (χ2n) is 6.72. The highest BCUT2D eigenvalue weighted by molar-refractivity contribution is 7.22. The zero-order valence-corrected chi connectivity index (χ0v) is 14.4. The van der Waals surface area contributed by atoms with Gasteiger partial charge in [0.2, 0.25) is 0 Å². The van der Waals surface area contributed by atoms with Gasteiger partial charge in [0.25, 0.3) is 5.13 Å². The number of nitrogens with one attached hydrogen (secondary N) is 4. The third-order valence-corrected chi connectivity index (χ3v) is 6.10. The first kappa shape index (κ1) is 14.9. The van der Waals surface area contributed by atoms with Crippen LogP contribution in [0.2, 0.25) is 0 Å². The number of hydrogen-bond donors (Lipinski definition) is 4. The van der Waals surface area contributed by atoms with E-state index in [-0.39, 0.29) is 0 Å². The van der Waals surface area contributed by atoms with Gasteiger partial charge in [-0.2, -0.15) is 0 Å². The molecule has 122 valence electrons. The molecule has 23 heavy (non-hydrogen) atoms. The summed E-state index contributed by atoms with van der Waals surface area (Å²) < 4.78 is 1.22. The van der Waals surface area contributed by atoms with Crippen LogP contribution in [-0.4, -0.2) is 30.3 Å². The number of para-hydroxylation sites is 1. The van der Waals surface area contributed by atoms with Gasteiger partial charge in [-0.25, -0.2) is 20.6 Å². The monoisotopic (exact) mass is 331 g/mol. The third-order valence-electron chi connectivity index (χ3n) is 5.15. The Hall–Kier alpha value is -1.66. The van der Waals surface area contributed by atoms with Gasteiger partial charge in [0, 0.05) is 5.92 Å². The summed E-state index contributed by atoms with van der Waals surface area (Å²) in [5, 5.41) is 7.84. The quantitative estimate of drug-likeness (QED) is 0.633. The van der Waals surface area contributed by atoms with E-state index in [1.165, 1.54) is 30.4 Å². The van der Waals surface area contributed by atoms with E-state index in [9.17, 15) is 0 Å². The second kappa shape index (κ2) is 6.45. The number of anilines is 1. The molecule has 1 aliphatic carbocycles. The lowest BCUT2D eigenvalue weighted by Gasteiger charge is -2.35. The van der Waals surface area contributed by atoms with Crippen LogP contribution in [0.1, 0.15) is 32.6 Å². The number of nitrogens with zero attached hydrogens (tertiary/aromatic N) is 1. The molecule has 4 N–H and O–H groups in total. The lowest BCUT2D eigenvalue weighted by Crippen LogP contribution is -3.27. The summed E-state index contributed by atoms with van der Waals surface area (Å²) in [6, 6.07) is 9.04. The maximum absolute atomic E-state index is 4.63. The fourth-order valence-electron chi connectivity index (χ4n) is 3.83. The van der Waals surface area contributed by atoms with E-state index in [1.807, 2.05) is 6.07 Å². The minimum Gasteiger partial charge on any atom is -0.274 e. The van der Waals surface area contributed by atoms with Gasteiger partial charge in [-0.05, 0) is 31.4 Å². The summed E-state index contributed by atoms with van der Waals surface area (Å²) in [6.45, 7) is 4.37. The fraction of sp³-hybridized carbons (Fsp3) is 0.529. The van der Waals surface area contributed by atoms with Gasteiger partial charge >= 0.3 is 5.96 Å². The van der Waals surface area contributed by atoms with E-state index in [0.717, 1.165) is 41.9 Å². The Morgan fingerprint density at radius 3 is 2.96 bits per heavy atom. The summed E-state index contributed by atoms with van der Waals surface area (Å²) in [6.07, 6.45) is 5.54. The van der Waals surface area contributed by atoms with E-state index in [1.54, 1.807) is 16.2 Å². The molecule has 4 rings (SSSR count).